The summed E-state index contributed by atoms with van der Waals surface area (Å²) in [6.45, 7) is 8.81. The fourth-order valence-electron chi connectivity index (χ4n) is 0.287. The Kier molecular flexibility index (Phi) is 14.9. The molecule has 5 heteroatoms. The Morgan fingerprint density at radius 1 is 1.27 bits per heavy atom. The van der Waals surface area contributed by atoms with Crippen molar-refractivity contribution < 1.29 is 8.42 Å². The van der Waals surface area contributed by atoms with Crippen LogP contribution in [0.5, 0.6) is 0 Å². The van der Waals surface area contributed by atoms with Crippen LogP contribution in [0, 0.1) is 0 Å². The van der Waals surface area contributed by atoms with Crippen LogP contribution in [0.2, 0.25) is 0 Å². The molecule has 0 aliphatic heterocycles. The summed E-state index contributed by atoms with van der Waals surface area (Å²) in [7, 11) is 1.58. The number of hydrogen-bond acceptors (Lipinski definition) is 3. The molecule has 0 aromatic rings. The summed E-state index contributed by atoms with van der Waals surface area (Å²) >= 11 is 0. The van der Waals surface area contributed by atoms with Crippen molar-refractivity contribution in [1.29, 1.82) is 0 Å². The van der Waals surface area contributed by atoms with Crippen molar-refractivity contribution in [1.82, 2.24) is 5.32 Å². The molecule has 0 bridgehead atoms. The first-order chi connectivity index (χ1) is 5.15. The van der Waals surface area contributed by atoms with Crippen LogP contribution in [0.4, 0.5) is 0 Å². The summed E-state index contributed by atoms with van der Waals surface area (Å²) in [5.74, 6) is 0. The van der Waals surface area contributed by atoms with Crippen LogP contribution in [0.15, 0.2) is 25.3 Å². The Labute approximate surface area is 73.2 Å². The van der Waals surface area contributed by atoms with Crippen molar-refractivity contribution in [2.24, 2.45) is 0 Å². The quantitative estimate of drug-likeness (QED) is 0.302. The standard InChI is InChI=1S/C6H11N.ClHO2S/c1-3-5-7-6-4-2;1-4(2)3/h3-4,7H,1-2,5-6H2;4H. The first kappa shape index (κ1) is 13.3. The molecule has 0 aromatic carbocycles. The van der Waals surface area contributed by atoms with Gasteiger partial charge in [-0.25, -0.2) is 8.42 Å². The van der Waals surface area contributed by atoms with E-state index in [1.165, 1.54) is 0 Å². The van der Waals surface area contributed by atoms with E-state index in [9.17, 15) is 0 Å². The van der Waals surface area contributed by atoms with Crippen LogP contribution in [-0.2, 0) is 9.92 Å². The van der Waals surface area contributed by atoms with Crippen LogP contribution < -0.4 is 5.32 Å². The molecule has 0 saturated carbocycles. The predicted molar refractivity (Wildman–Crippen MR) is 49.4 cm³/mol. The number of halogens is 1. The van der Waals surface area contributed by atoms with Gasteiger partial charge in [-0.2, -0.15) is 0 Å². The zero-order valence-corrected chi connectivity index (χ0v) is 7.78. The van der Waals surface area contributed by atoms with Crippen molar-refractivity contribution in [2.75, 3.05) is 13.1 Å². The Morgan fingerprint density at radius 2 is 1.55 bits per heavy atom. The van der Waals surface area contributed by atoms with Gasteiger partial charge in [-0.3, -0.25) is 0 Å². The van der Waals surface area contributed by atoms with Crippen LogP contribution in [-0.4, -0.2) is 21.5 Å². The summed E-state index contributed by atoms with van der Waals surface area (Å²) < 4.78 is 17.6. The number of thiol groups is 1. The van der Waals surface area contributed by atoms with Crippen LogP contribution in [0.25, 0.3) is 0 Å². The molecule has 1 N–H and O–H groups in total. The molecule has 66 valence electrons. The number of rotatable bonds is 4. The third-order valence-electron chi connectivity index (χ3n) is 0.577. The second kappa shape index (κ2) is 12.4. The number of hydrogen-bond donors (Lipinski definition) is 2. The molecule has 0 unspecified atom stereocenters. The second-order valence-corrected chi connectivity index (χ2v) is 2.70. The minimum Gasteiger partial charge on any atom is -0.310 e. The smallest absolute Gasteiger partial charge is 0.222 e. The Bertz CT molecular complexity index is 152. The summed E-state index contributed by atoms with van der Waals surface area (Å²) in [5.41, 5.74) is 0. The molecule has 0 fully saturated rings. The van der Waals surface area contributed by atoms with Gasteiger partial charge >= 0.3 is 0 Å². The molecule has 0 rings (SSSR count). The zero-order valence-electron chi connectivity index (χ0n) is 6.12. The number of nitrogens with one attached hydrogen (secondary N) is 1. The monoisotopic (exact) mass is 197 g/mol. The lowest BCUT2D eigenvalue weighted by atomic mass is 10.5. The van der Waals surface area contributed by atoms with E-state index in [0.717, 1.165) is 13.1 Å². The normalized spacial score (nSPS) is 8.18. The molecular weight excluding hydrogens is 186 g/mol. The van der Waals surface area contributed by atoms with E-state index in [1.807, 2.05) is 12.2 Å². The lowest BCUT2D eigenvalue weighted by Crippen LogP contribution is -2.11. The highest BCUT2D eigenvalue weighted by molar-refractivity contribution is 7.98. The minimum atomic E-state index is -2.65. The summed E-state index contributed by atoms with van der Waals surface area (Å²) in [6, 6.07) is 0. The highest BCUT2D eigenvalue weighted by Crippen LogP contribution is 1.61. The van der Waals surface area contributed by atoms with Gasteiger partial charge in [0.15, 0.2) is 0 Å². The maximum absolute atomic E-state index is 8.80. The zero-order chi connectivity index (χ0) is 9.11. The van der Waals surface area contributed by atoms with Gasteiger partial charge in [0.2, 0.25) is 9.92 Å². The van der Waals surface area contributed by atoms with E-state index in [1.54, 1.807) is 0 Å². The van der Waals surface area contributed by atoms with Crippen molar-refractivity contribution in [3.8, 4) is 0 Å². The molecule has 0 amide bonds. The van der Waals surface area contributed by atoms with Crippen LogP contribution >= 0.6 is 10.7 Å². The molecule has 3 nitrogen and oxygen atoms in total. The summed E-state index contributed by atoms with van der Waals surface area (Å²) in [5, 5.41) is 3.05. The molecule has 0 heterocycles. The molecule has 0 spiro atoms. The Morgan fingerprint density at radius 3 is 1.73 bits per heavy atom. The van der Waals surface area contributed by atoms with E-state index < -0.39 is 9.92 Å². The topological polar surface area (TPSA) is 46.2 Å². The molecule has 0 saturated heterocycles. The van der Waals surface area contributed by atoms with Crippen molar-refractivity contribution in [3.63, 3.8) is 0 Å². The minimum absolute atomic E-state index is 0.867. The third kappa shape index (κ3) is 42.2. The summed E-state index contributed by atoms with van der Waals surface area (Å²) in [6.07, 6.45) is 3.65. The van der Waals surface area contributed by atoms with Crippen molar-refractivity contribution in [2.45, 2.75) is 0 Å². The average molecular weight is 198 g/mol. The maximum atomic E-state index is 8.80. The summed E-state index contributed by atoms with van der Waals surface area (Å²) in [4.78, 5) is 0. The SMILES string of the molecule is C=CCNCC=C.O=[SH](=O)Cl. The van der Waals surface area contributed by atoms with E-state index in [-0.39, 0.29) is 0 Å². The van der Waals surface area contributed by atoms with Gasteiger partial charge in [0.1, 0.15) is 0 Å². The Balaban J connectivity index is 0. The third-order valence-corrected chi connectivity index (χ3v) is 0.577. The fourth-order valence-corrected chi connectivity index (χ4v) is 0.287. The van der Waals surface area contributed by atoms with E-state index in [2.05, 4.69) is 29.2 Å². The van der Waals surface area contributed by atoms with Crippen LogP contribution in [0.1, 0.15) is 0 Å². The molecule has 0 aliphatic carbocycles. The second-order valence-electron chi connectivity index (χ2n) is 1.45. The molecule has 0 atom stereocenters. The van der Waals surface area contributed by atoms with Crippen molar-refractivity contribution >= 4 is 20.6 Å². The molecular formula is C6H12ClNO2S. The molecule has 11 heavy (non-hydrogen) atoms. The first-order valence-corrected chi connectivity index (χ1v) is 4.96. The van der Waals surface area contributed by atoms with Gasteiger partial charge in [0.05, 0.1) is 0 Å². The molecule has 0 aliphatic rings. The highest BCUT2D eigenvalue weighted by Gasteiger charge is 1.69. The highest BCUT2D eigenvalue weighted by atomic mass is 35.7. The maximum Gasteiger partial charge on any atom is 0.222 e. The van der Waals surface area contributed by atoms with E-state index in [4.69, 9.17) is 8.42 Å². The van der Waals surface area contributed by atoms with Gasteiger partial charge in [0.25, 0.3) is 0 Å². The van der Waals surface area contributed by atoms with Gasteiger partial charge in [-0.15, -0.1) is 13.2 Å². The van der Waals surface area contributed by atoms with Gasteiger partial charge in [0, 0.05) is 23.8 Å². The lowest BCUT2D eigenvalue weighted by Gasteiger charge is -1.90. The van der Waals surface area contributed by atoms with E-state index >= 15 is 0 Å². The van der Waals surface area contributed by atoms with Gasteiger partial charge in [-0.1, -0.05) is 12.2 Å². The van der Waals surface area contributed by atoms with Gasteiger partial charge < -0.3 is 5.32 Å². The average Bonchev–Trinajstić information content (AvgIpc) is 1.88. The largest absolute Gasteiger partial charge is 0.310 e. The van der Waals surface area contributed by atoms with Crippen molar-refractivity contribution in [3.05, 3.63) is 25.3 Å². The Hall–Kier alpha value is -0.320. The van der Waals surface area contributed by atoms with Crippen LogP contribution in [0.3, 0.4) is 0 Å². The van der Waals surface area contributed by atoms with Gasteiger partial charge in [-0.05, 0) is 0 Å². The predicted octanol–water partition coefficient (Wildman–Crippen LogP) is 0.700. The van der Waals surface area contributed by atoms with E-state index in [0.29, 0.717) is 0 Å². The lowest BCUT2D eigenvalue weighted by molar-refractivity contribution is 0.626. The fraction of sp³-hybridized carbons (Fsp3) is 0.333. The molecule has 0 radical (unpaired) electrons. The first-order valence-electron chi connectivity index (χ1n) is 2.87. The molecule has 0 aromatic heterocycles.